The summed E-state index contributed by atoms with van der Waals surface area (Å²) in [6.07, 6.45) is 0. The van der Waals surface area contributed by atoms with Gasteiger partial charge in [0.05, 0.1) is 11.0 Å². The first-order chi connectivity index (χ1) is 11.3. The molecule has 0 radical (unpaired) electrons. The lowest BCUT2D eigenvalue weighted by Crippen LogP contribution is -2.25. The minimum absolute atomic E-state index is 0. The molecule has 0 spiro atoms. The van der Waals surface area contributed by atoms with Crippen LogP contribution in [-0.2, 0) is 9.59 Å². The molecule has 25 heavy (non-hydrogen) atoms. The Morgan fingerprint density at radius 3 is 2.64 bits per heavy atom. The van der Waals surface area contributed by atoms with Crippen molar-refractivity contribution < 1.29 is 14.1 Å². The third kappa shape index (κ3) is 6.32. The van der Waals surface area contributed by atoms with E-state index >= 15 is 0 Å². The number of halogens is 1. The van der Waals surface area contributed by atoms with Crippen molar-refractivity contribution in [2.75, 3.05) is 22.1 Å². The maximum Gasteiger partial charge on any atom is 0.238 e. The molecule has 0 saturated heterocycles. The van der Waals surface area contributed by atoms with Gasteiger partial charge in [-0.3, -0.25) is 9.59 Å². The Bertz CT molecular complexity index is 751. The van der Waals surface area contributed by atoms with Crippen LogP contribution in [0.5, 0.6) is 0 Å². The zero-order chi connectivity index (χ0) is 17.7. The SMILES string of the molecule is Cc1cc(NC(=O)C(C)SCC(=O)Nc2cc(N)ccc2C)no1.Cl. The second kappa shape index (κ2) is 9.33. The van der Waals surface area contributed by atoms with E-state index in [4.69, 9.17) is 10.3 Å². The molecule has 4 N–H and O–H groups in total. The number of hydrogen-bond donors (Lipinski definition) is 3. The lowest BCUT2D eigenvalue weighted by atomic mass is 10.2. The maximum atomic E-state index is 12.0. The average molecular weight is 385 g/mol. The van der Waals surface area contributed by atoms with Crippen molar-refractivity contribution in [2.45, 2.75) is 26.0 Å². The molecule has 0 aliphatic rings. The van der Waals surface area contributed by atoms with E-state index in [1.807, 2.05) is 13.0 Å². The zero-order valence-electron chi connectivity index (χ0n) is 14.2. The predicted octanol–water partition coefficient (Wildman–Crippen LogP) is 2.99. The number of hydrogen-bond acceptors (Lipinski definition) is 6. The average Bonchev–Trinajstić information content (AvgIpc) is 2.93. The van der Waals surface area contributed by atoms with Crippen LogP contribution in [0.3, 0.4) is 0 Å². The van der Waals surface area contributed by atoms with Gasteiger partial charge in [-0.2, -0.15) is 0 Å². The molecule has 2 rings (SSSR count). The Hall–Kier alpha value is -2.19. The topological polar surface area (TPSA) is 110 Å². The fourth-order valence-electron chi connectivity index (χ4n) is 1.89. The second-order valence-corrected chi connectivity index (χ2v) is 6.72. The molecule has 7 nitrogen and oxygen atoms in total. The van der Waals surface area contributed by atoms with Crippen molar-refractivity contribution in [1.29, 1.82) is 0 Å². The number of nitrogens with two attached hydrogens (primary N) is 1. The van der Waals surface area contributed by atoms with Crippen LogP contribution in [0.4, 0.5) is 17.2 Å². The first kappa shape index (κ1) is 20.9. The second-order valence-electron chi connectivity index (χ2n) is 5.39. The number of aryl methyl sites for hydroxylation is 2. The number of benzene rings is 1. The van der Waals surface area contributed by atoms with E-state index in [0.29, 0.717) is 23.0 Å². The monoisotopic (exact) mass is 384 g/mol. The minimum atomic E-state index is -0.408. The normalized spacial score (nSPS) is 11.3. The maximum absolute atomic E-state index is 12.0. The van der Waals surface area contributed by atoms with Gasteiger partial charge in [-0.05, 0) is 38.5 Å². The van der Waals surface area contributed by atoms with E-state index in [2.05, 4.69) is 15.8 Å². The van der Waals surface area contributed by atoms with Crippen LogP contribution in [-0.4, -0.2) is 28.0 Å². The molecule has 0 aliphatic carbocycles. The van der Waals surface area contributed by atoms with Gasteiger partial charge in [0.25, 0.3) is 0 Å². The lowest BCUT2D eigenvalue weighted by Gasteiger charge is -2.12. The van der Waals surface area contributed by atoms with Gasteiger partial charge < -0.3 is 20.9 Å². The van der Waals surface area contributed by atoms with Gasteiger partial charge in [0.15, 0.2) is 5.82 Å². The lowest BCUT2D eigenvalue weighted by molar-refractivity contribution is -0.115. The van der Waals surface area contributed by atoms with Crippen LogP contribution in [0.15, 0.2) is 28.8 Å². The highest BCUT2D eigenvalue weighted by Crippen LogP contribution is 2.19. The van der Waals surface area contributed by atoms with Gasteiger partial charge in [0.2, 0.25) is 11.8 Å². The first-order valence-electron chi connectivity index (χ1n) is 7.37. The molecular weight excluding hydrogens is 364 g/mol. The van der Waals surface area contributed by atoms with Gasteiger partial charge in [-0.25, -0.2) is 0 Å². The fraction of sp³-hybridized carbons (Fsp3) is 0.312. The summed E-state index contributed by atoms with van der Waals surface area (Å²) in [4.78, 5) is 24.1. The van der Waals surface area contributed by atoms with Gasteiger partial charge in [-0.15, -0.1) is 24.2 Å². The minimum Gasteiger partial charge on any atom is -0.399 e. The molecule has 1 heterocycles. The summed E-state index contributed by atoms with van der Waals surface area (Å²) in [5.74, 6) is 0.708. The Morgan fingerprint density at radius 1 is 1.28 bits per heavy atom. The summed E-state index contributed by atoms with van der Waals surface area (Å²) in [5.41, 5.74) is 7.90. The largest absolute Gasteiger partial charge is 0.399 e. The van der Waals surface area contributed by atoms with E-state index in [9.17, 15) is 9.59 Å². The van der Waals surface area contributed by atoms with E-state index in [0.717, 1.165) is 5.56 Å². The molecule has 9 heteroatoms. The summed E-state index contributed by atoms with van der Waals surface area (Å²) < 4.78 is 4.88. The highest BCUT2D eigenvalue weighted by molar-refractivity contribution is 8.01. The Morgan fingerprint density at radius 2 is 2.00 bits per heavy atom. The van der Waals surface area contributed by atoms with Crippen molar-refractivity contribution in [1.82, 2.24) is 5.16 Å². The number of carbonyl (C=O) groups is 2. The number of nitrogens with zero attached hydrogens (tertiary/aromatic N) is 1. The summed E-state index contributed by atoms with van der Waals surface area (Å²) in [5, 5.41) is 8.73. The molecule has 0 bridgehead atoms. The number of carbonyl (C=O) groups excluding carboxylic acids is 2. The van der Waals surface area contributed by atoms with E-state index in [1.54, 1.807) is 32.0 Å². The van der Waals surface area contributed by atoms with Crippen molar-refractivity contribution in [2.24, 2.45) is 0 Å². The molecule has 1 aromatic heterocycles. The quantitative estimate of drug-likeness (QED) is 0.660. The van der Waals surface area contributed by atoms with Crippen LogP contribution in [0, 0.1) is 13.8 Å². The fourth-order valence-corrected chi connectivity index (χ4v) is 2.57. The molecule has 136 valence electrons. The molecule has 0 fully saturated rings. The van der Waals surface area contributed by atoms with E-state index in [1.165, 1.54) is 11.8 Å². The van der Waals surface area contributed by atoms with Crippen LogP contribution >= 0.6 is 24.2 Å². The number of thioether (sulfide) groups is 1. The summed E-state index contributed by atoms with van der Waals surface area (Å²) in [6, 6.07) is 6.96. The van der Waals surface area contributed by atoms with Gasteiger partial charge in [-0.1, -0.05) is 11.2 Å². The summed E-state index contributed by atoms with van der Waals surface area (Å²) in [6.45, 7) is 5.35. The van der Waals surface area contributed by atoms with Crippen molar-refractivity contribution in [3.8, 4) is 0 Å². The number of amides is 2. The van der Waals surface area contributed by atoms with Crippen molar-refractivity contribution in [3.63, 3.8) is 0 Å². The van der Waals surface area contributed by atoms with Gasteiger partial charge >= 0.3 is 0 Å². The molecule has 1 aromatic carbocycles. The Kier molecular flexibility index (Phi) is 7.79. The van der Waals surface area contributed by atoms with Gasteiger partial charge in [0.1, 0.15) is 5.76 Å². The number of aromatic nitrogens is 1. The van der Waals surface area contributed by atoms with Crippen LogP contribution in [0.1, 0.15) is 18.2 Å². The molecule has 0 saturated carbocycles. The Balaban J connectivity index is 0.00000312. The van der Waals surface area contributed by atoms with E-state index < -0.39 is 5.25 Å². The molecule has 2 aromatic rings. The smallest absolute Gasteiger partial charge is 0.238 e. The first-order valence-corrected chi connectivity index (χ1v) is 8.42. The molecule has 1 atom stereocenters. The number of nitrogens with one attached hydrogen (secondary N) is 2. The third-order valence-corrected chi connectivity index (χ3v) is 4.39. The number of anilines is 3. The molecule has 1 unspecified atom stereocenters. The zero-order valence-corrected chi connectivity index (χ0v) is 15.8. The van der Waals surface area contributed by atoms with Crippen LogP contribution in [0.25, 0.3) is 0 Å². The highest BCUT2D eigenvalue weighted by Gasteiger charge is 2.17. The molecular formula is C16H21ClN4O3S. The van der Waals surface area contributed by atoms with Crippen LogP contribution < -0.4 is 16.4 Å². The predicted molar refractivity (Wildman–Crippen MR) is 103 cm³/mol. The summed E-state index contributed by atoms with van der Waals surface area (Å²) in [7, 11) is 0. The van der Waals surface area contributed by atoms with Crippen molar-refractivity contribution >= 4 is 53.2 Å². The number of rotatable bonds is 6. The van der Waals surface area contributed by atoms with Crippen molar-refractivity contribution in [3.05, 3.63) is 35.6 Å². The van der Waals surface area contributed by atoms with Crippen LogP contribution in [0.2, 0.25) is 0 Å². The molecule has 0 aliphatic heterocycles. The van der Waals surface area contributed by atoms with E-state index in [-0.39, 0.29) is 30.0 Å². The Labute approximate surface area is 156 Å². The molecule has 2 amide bonds. The van der Waals surface area contributed by atoms with Gasteiger partial charge in [0, 0.05) is 17.4 Å². The third-order valence-electron chi connectivity index (χ3n) is 3.25. The standard InChI is InChI=1S/C16H20N4O3S.ClH/c1-9-4-5-12(17)7-13(9)18-15(21)8-24-11(3)16(22)19-14-6-10(2)23-20-14;/h4-7,11H,8,17H2,1-3H3,(H,18,21)(H,19,20,22);1H. The number of nitrogen functional groups attached to an aromatic ring is 1. The highest BCUT2D eigenvalue weighted by atomic mass is 35.5. The summed E-state index contributed by atoms with van der Waals surface area (Å²) >= 11 is 1.23.